The number of rotatable bonds is 10. The third-order valence-electron chi connectivity index (χ3n) is 4.13. The Morgan fingerprint density at radius 1 is 1.10 bits per heavy atom. The number of thiazole rings is 1. The first-order chi connectivity index (χ1) is 14.7. The van der Waals surface area contributed by atoms with E-state index in [4.69, 9.17) is 4.74 Å². The molecule has 168 valence electrons. The fourth-order valence-corrected chi connectivity index (χ4v) is 3.62. The summed E-state index contributed by atoms with van der Waals surface area (Å²) < 4.78 is 5.13. The molecule has 0 unspecified atom stereocenters. The second-order valence-corrected chi connectivity index (χ2v) is 8.76. The van der Waals surface area contributed by atoms with Crippen molar-refractivity contribution in [2.24, 2.45) is 5.92 Å². The van der Waals surface area contributed by atoms with Crippen molar-refractivity contribution in [3.8, 4) is 5.75 Å². The summed E-state index contributed by atoms with van der Waals surface area (Å²) in [6.45, 7) is 8.10. The third-order valence-corrected chi connectivity index (χ3v) is 4.94. The van der Waals surface area contributed by atoms with Crippen molar-refractivity contribution in [3.05, 3.63) is 40.9 Å². The number of anilines is 1. The van der Waals surface area contributed by atoms with Gasteiger partial charge in [0.15, 0.2) is 5.13 Å². The van der Waals surface area contributed by atoms with Crippen LogP contribution < -0.4 is 15.4 Å². The van der Waals surface area contributed by atoms with Gasteiger partial charge in [0.25, 0.3) is 5.91 Å². The fourth-order valence-electron chi connectivity index (χ4n) is 2.89. The third kappa shape index (κ3) is 8.01. The van der Waals surface area contributed by atoms with Crippen molar-refractivity contribution in [1.29, 1.82) is 0 Å². The van der Waals surface area contributed by atoms with E-state index in [-0.39, 0.29) is 42.6 Å². The molecule has 0 aliphatic heterocycles. The molecule has 2 aromatic rings. The maximum absolute atomic E-state index is 12.9. The molecule has 0 atom stereocenters. The van der Waals surface area contributed by atoms with E-state index in [1.165, 1.54) is 16.2 Å². The predicted octanol–water partition coefficient (Wildman–Crippen LogP) is 2.96. The van der Waals surface area contributed by atoms with E-state index >= 15 is 0 Å². The molecule has 2 rings (SSSR count). The van der Waals surface area contributed by atoms with Crippen LogP contribution in [0, 0.1) is 5.92 Å². The van der Waals surface area contributed by atoms with Crippen molar-refractivity contribution in [2.75, 3.05) is 25.5 Å². The monoisotopic (exact) mass is 446 g/mol. The second kappa shape index (κ2) is 11.5. The van der Waals surface area contributed by atoms with Crippen molar-refractivity contribution in [3.63, 3.8) is 0 Å². The van der Waals surface area contributed by atoms with Crippen LogP contribution in [0.4, 0.5) is 5.13 Å². The second-order valence-electron chi connectivity index (χ2n) is 7.90. The van der Waals surface area contributed by atoms with Gasteiger partial charge in [-0.05, 0) is 44.0 Å². The van der Waals surface area contributed by atoms with Crippen LogP contribution in [0.1, 0.15) is 43.7 Å². The zero-order valence-corrected chi connectivity index (χ0v) is 19.4. The highest BCUT2D eigenvalue weighted by Crippen LogP contribution is 2.17. The van der Waals surface area contributed by atoms with Crippen LogP contribution in [-0.4, -0.2) is 53.8 Å². The highest BCUT2D eigenvalue weighted by molar-refractivity contribution is 7.13. The van der Waals surface area contributed by atoms with E-state index in [1.807, 2.05) is 27.7 Å². The Hall–Kier alpha value is -2.94. The van der Waals surface area contributed by atoms with Gasteiger partial charge in [-0.3, -0.25) is 14.4 Å². The van der Waals surface area contributed by atoms with E-state index < -0.39 is 0 Å². The molecule has 0 bridgehead atoms. The summed E-state index contributed by atoms with van der Waals surface area (Å²) in [5.41, 5.74) is 1.08. The van der Waals surface area contributed by atoms with Crippen LogP contribution >= 0.6 is 11.3 Å². The molecule has 2 N–H and O–H groups in total. The maximum Gasteiger partial charge on any atom is 0.254 e. The lowest BCUT2D eigenvalue weighted by Gasteiger charge is -2.24. The van der Waals surface area contributed by atoms with Gasteiger partial charge in [-0.1, -0.05) is 13.8 Å². The fraction of sp³-hybridized carbons (Fsp3) is 0.455. The summed E-state index contributed by atoms with van der Waals surface area (Å²) in [4.78, 5) is 43.2. The Morgan fingerprint density at radius 2 is 1.77 bits per heavy atom. The number of hydrogen-bond acceptors (Lipinski definition) is 6. The molecule has 0 aliphatic carbocycles. The van der Waals surface area contributed by atoms with Crippen molar-refractivity contribution in [1.82, 2.24) is 15.2 Å². The number of methoxy groups -OCH3 is 1. The van der Waals surface area contributed by atoms with Crippen molar-refractivity contribution in [2.45, 2.75) is 40.2 Å². The van der Waals surface area contributed by atoms with Crippen molar-refractivity contribution < 1.29 is 19.1 Å². The number of nitrogens with zero attached hydrogens (tertiary/aromatic N) is 2. The smallest absolute Gasteiger partial charge is 0.254 e. The molecule has 1 aromatic carbocycles. The number of carbonyl (C=O) groups is 3. The highest BCUT2D eigenvalue weighted by Gasteiger charge is 2.21. The van der Waals surface area contributed by atoms with Gasteiger partial charge in [-0.25, -0.2) is 4.98 Å². The average molecular weight is 447 g/mol. The Balaban J connectivity index is 2.00. The summed E-state index contributed by atoms with van der Waals surface area (Å²) >= 11 is 1.25. The minimum absolute atomic E-state index is 0.0560. The molecular formula is C22H30N4O4S. The van der Waals surface area contributed by atoms with Gasteiger partial charge in [-0.2, -0.15) is 0 Å². The van der Waals surface area contributed by atoms with Crippen LogP contribution in [0.5, 0.6) is 5.75 Å². The number of nitrogens with one attached hydrogen (secondary N) is 2. The molecule has 31 heavy (non-hydrogen) atoms. The lowest BCUT2D eigenvalue weighted by molar-refractivity contribution is -0.121. The van der Waals surface area contributed by atoms with Crippen LogP contribution in [0.25, 0.3) is 0 Å². The minimum atomic E-state index is -0.338. The van der Waals surface area contributed by atoms with Gasteiger partial charge < -0.3 is 20.3 Å². The topological polar surface area (TPSA) is 101 Å². The molecule has 0 spiro atoms. The van der Waals surface area contributed by atoms with Gasteiger partial charge in [0.1, 0.15) is 12.3 Å². The number of hydrogen-bond donors (Lipinski definition) is 2. The Labute approximate surface area is 187 Å². The number of carbonyl (C=O) groups excluding carboxylic acids is 3. The average Bonchev–Trinajstić information content (AvgIpc) is 3.12. The normalized spacial score (nSPS) is 10.8. The molecular weight excluding hydrogens is 416 g/mol. The Bertz CT molecular complexity index is 893. The largest absolute Gasteiger partial charge is 0.497 e. The SMILES string of the molecule is COc1ccc(C(=O)N(CC(=O)Nc2nc(CC(=O)NC(C)C)cs2)CC(C)C)cc1. The maximum atomic E-state index is 12.9. The zero-order valence-electron chi connectivity index (χ0n) is 18.6. The lowest BCUT2D eigenvalue weighted by atomic mass is 10.1. The van der Waals surface area contributed by atoms with E-state index in [0.717, 1.165) is 0 Å². The van der Waals surface area contributed by atoms with Gasteiger partial charge in [0.05, 0.1) is 19.2 Å². The molecule has 0 saturated heterocycles. The highest BCUT2D eigenvalue weighted by atomic mass is 32.1. The number of aromatic nitrogens is 1. The first-order valence-electron chi connectivity index (χ1n) is 10.1. The van der Waals surface area contributed by atoms with Crippen LogP contribution in [0.2, 0.25) is 0 Å². The minimum Gasteiger partial charge on any atom is -0.497 e. The van der Waals surface area contributed by atoms with Crippen LogP contribution in [-0.2, 0) is 16.0 Å². The predicted molar refractivity (Wildman–Crippen MR) is 121 cm³/mol. The Morgan fingerprint density at radius 3 is 2.35 bits per heavy atom. The lowest BCUT2D eigenvalue weighted by Crippen LogP contribution is -2.40. The van der Waals surface area contributed by atoms with Gasteiger partial charge in [0, 0.05) is 23.5 Å². The summed E-state index contributed by atoms with van der Waals surface area (Å²) in [6, 6.07) is 6.85. The van der Waals surface area contributed by atoms with E-state index in [0.29, 0.717) is 28.7 Å². The molecule has 1 heterocycles. The summed E-state index contributed by atoms with van der Waals surface area (Å²) in [7, 11) is 1.56. The molecule has 0 saturated carbocycles. The van der Waals surface area contributed by atoms with Gasteiger partial charge >= 0.3 is 0 Å². The van der Waals surface area contributed by atoms with Gasteiger partial charge in [0.2, 0.25) is 11.8 Å². The molecule has 0 radical (unpaired) electrons. The van der Waals surface area contributed by atoms with E-state index in [9.17, 15) is 14.4 Å². The first kappa shape index (κ1) is 24.3. The quantitative estimate of drug-likeness (QED) is 0.584. The Kier molecular flexibility index (Phi) is 8.99. The summed E-state index contributed by atoms with van der Waals surface area (Å²) in [5.74, 6) is 0.172. The van der Waals surface area contributed by atoms with Crippen LogP contribution in [0.15, 0.2) is 29.6 Å². The zero-order chi connectivity index (χ0) is 23.0. The number of benzene rings is 1. The summed E-state index contributed by atoms with van der Waals surface area (Å²) in [6.07, 6.45) is 0.153. The van der Waals surface area contributed by atoms with E-state index in [2.05, 4.69) is 15.6 Å². The number of ether oxygens (including phenoxy) is 1. The molecule has 0 aliphatic rings. The van der Waals surface area contributed by atoms with Gasteiger partial charge in [-0.15, -0.1) is 11.3 Å². The standard InChI is InChI=1S/C22H30N4O4S/c1-14(2)11-26(21(29)16-6-8-18(30-5)9-7-16)12-20(28)25-22-24-17(13-31-22)10-19(27)23-15(3)4/h6-9,13-15H,10-12H2,1-5H3,(H,23,27)(H,24,25,28). The molecule has 8 nitrogen and oxygen atoms in total. The van der Waals surface area contributed by atoms with E-state index in [1.54, 1.807) is 36.8 Å². The molecule has 0 fully saturated rings. The van der Waals surface area contributed by atoms with Crippen LogP contribution in [0.3, 0.4) is 0 Å². The molecule has 1 aromatic heterocycles. The molecule has 3 amide bonds. The van der Waals surface area contributed by atoms with Crippen molar-refractivity contribution >= 4 is 34.2 Å². The summed E-state index contributed by atoms with van der Waals surface area (Å²) in [5, 5.41) is 7.68. The number of amides is 3. The molecule has 9 heteroatoms. The first-order valence-corrected chi connectivity index (χ1v) is 11.0.